The number of amides is 2. The number of aromatic nitrogens is 1. The number of hydrazine groups is 1. The molecule has 2 heterocycles. The third-order valence-corrected chi connectivity index (χ3v) is 5.59. The van der Waals surface area contributed by atoms with Crippen molar-refractivity contribution in [3.05, 3.63) is 65.9 Å². The number of rotatable bonds is 5. The van der Waals surface area contributed by atoms with E-state index in [-0.39, 0.29) is 23.8 Å². The lowest BCUT2D eigenvalue weighted by atomic mass is 10.1. The number of nitrogens with one attached hydrogen (secondary N) is 2. The minimum Gasteiger partial charge on any atom is -0.484 e. The smallest absolute Gasteiger partial charge is 0.276 e. The van der Waals surface area contributed by atoms with E-state index in [4.69, 9.17) is 4.74 Å². The summed E-state index contributed by atoms with van der Waals surface area (Å²) in [6.45, 7) is 1.83. The fourth-order valence-corrected chi connectivity index (χ4v) is 4.16. The summed E-state index contributed by atoms with van der Waals surface area (Å²) in [6, 6.07) is 15.4. The highest BCUT2D eigenvalue weighted by Gasteiger charge is 2.35. The van der Waals surface area contributed by atoms with Gasteiger partial charge in [0.2, 0.25) is 0 Å². The van der Waals surface area contributed by atoms with Crippen molar-refractivity contribution in [3.63, 3.8) is 0 Å². The van der Waals surface area contributed by atoms with Crippen LogP contribution in [0.2, 0.25) is 0 Å². The van der Waals surface area contributed by atoms with Crippen LogP contribution >= 0.6 is 11.8 Å². The third kappa shape index (κ3) is 3.64. The van der Waals surface area contributed by atoms with Crippen molar-refractivity contribution in [2.45, 2.75) is 12.3 Å². The molecule has 1 aliphatic heterocycles. The lowest BCUT2D eigenvalue weighted by Crippen LogP contribution is -2.46. The van der Waals surface area contributed by atoms with E-state index in [0.717, 1.165) is 22.0 Å². The molecule has 1 atom stereocenters. The first-order valence-electron chi connectivity index (χ1n) is 8.60. The lowest BCUT2D eigenvalue weighted by Gasteiger charge is -2.24. The van der Waals surface area contributed by atoms with Crippen LogP contribution in [0.25, 0.3) is 10.9 Å². The number of carbonyl (C=O) groups is 2. The SMILES string of the molecule is Cc1ccc(OCC(=O)NN2C(=O)CS[C@H]2c2c[nH]c3ccccc23)cc1. The highest BCUT2D eigenvalue weighted by atomic mass is 32.2. The molecule has 0 saturated carbocycles. The molecular weight excluding hydrogens is 362 g/mol. The Bertz CT molecular complexity index is 984. The first kappa shape index (κ1) is 17.5. The van der Waals surface area contributed by atoms with Gasteiger partial charge in [-0.15, -0.1) is 11.8 Å². The number of nitrogens with zero attached hydrogens (tertiary/aromatic N) is 1. The van der Waals surface area contributed by atoms with E-state index in [1.807, 2.05) is 61.7 Å². The number of hydrogen-bond acceptors (Lipinski definition) is 4. The van der Waals surface area contributed by atoms with E-state index in [1.165, 1.54) is 16.8 Å². The minimum absolute atomic E-state index is 0.126. The van der Waals surface area contributed by atoms with Gasteiger partial charge in [0, 0.05) is 22.7 Å². The molecule has 2 aromatic carbocycles. The summed E-state index contributed by atoms with van der Waals surface area (Å²) in [6.07, 6.45) is 1.89. The van der Waals surface area contributed by atoms with Crippen LogP contribution in [0.3, 0.4) is 0 Å². The average Bonchev–Trinajstić information content (AvgIpc) is 3.25. The fourth-order valence-electron chi connectivity index (χ4n) is 3.02. The summed E-state index contributed by atoms with van der Waals surface area (Å²) in [4.78, 5) is 27.8. The van der Waals surface area contributed by atoms with Crippen LogP contribution in [0, 0.1) is 6.92 Å². The maximum atomic E-state index is 12.3. The maximum Gasteiger partial charge on any atom is 0.276 e. The van der Waals surface area contributed by atoms with Crippen molar-refractivity contribution >= 4 is 34.5 Å². The second-order valence-corrected chi connectivity index (χ2v) is 7.42. The molecule has 0 bridgehead atoms. The molecule has 1 aromatic heterocycles. The van der Waals surface area contributed by atoms with E-state index >= 15 is 0 Å². The molecule has 3 aromatic rings. The predicted molar refractivity (Wildman–Crippen MR) is 105 cm³/mol. The lowest BCUT2D eigenvalue weighted by molar-refractivity contribution is -0.140. The number of benzene rings is 2. The van der Waals surface area contributed by atoms with Gasteiger partial charge in [0.05, 0.1) is 5.75 Å². The highest BCUT2D eigenvalue weighted by Crippen LogP contribution is 2.40. The van der Waals surface area contributed by atoms with Crippen LogP contribution in [-0.2, 0) is 9.59 Å². The molecule has 1 fully saturated rings. The maximum absolute atomic E-state index is 12.3. The standard InChI is InChI=1S/C20H19N3O3S/c1-13-6-8-14(9-7-13)26-11-18(24)22-23-19(25)12-27-20(23)16-10-21-17-5-3-2-4-15(16)17/h2-10,20-21H,11-12H2,1H3,(H,22,24)/t20-/m0/s1. The van der Waals surface area contributed by atoms with Gasteiger partial charge in [-0.25, -0.2) is 5.01 Å². The second-order valence-electron chi connectivity index (χ2n) is 6.35. The molecule has 27 heavy (non-hydrogen) atoms. The number of aryl methyl sites for hydroxylation is 1. The van der Waals surface area contributed by atoms with Crippen molar-refractivity contribution in [3.8, 4) is 5.75 Å². The van der Waals surface area contributed by atoms with Gasteiger partial charge in [-0.2, -0.15) is 0 Å². The number of para-hydroxylation sites is 1. The highest BCUT2D eigenvalue weighted by molar-refractivity contribution is 8.00. The van der Waals surface area contributed by atoms with Crippen LogP contribution in [-0.4, -0.2) is 34.2 Å². The number of aromatic amines is 1. The zero-order chi connectivity index (χ0) is 18.8. The molecule has 0 unspecified atom stereocenters. The molecule has 2 amide bonds. The van der Waals surface area contributed by atoms with E-state index in [9.17, 15) is 9.59 Å². The van der Waals surface area contributed by atoms with Crippen molar-refractivity contribution in [1.82, 2.24) is 15.4 Å². The van der Waals surface area contributed by atoms with Crippen LogP contribution in [0.1, 0.15) is 16.5 Å². The van der Waals surface area contributed by atoms with Crippen molar-refractivity contribution in [2.24, 2.45) is 0 Å². The van der Waals surface area contributed by atoms with Crippen molar-refractivity contribution in [2.75, 3.05) is 12.4 Å². The van der Waals surface area contributed by atoms with E-state index in [0.29, 0.717) is 11.5 Å². The van der Waals surface area contributed by atoms with E-state index < -0.39 is 0 Å². The summed E-state index contributed by atoms with van der Waals surface area (Å²) in [5.41, 5.74) is 5.79. The number of fused-ring (bicyclic) bond motifs is 1. The summed E-state index contributed by atoms with van der Waals surface area (Å²) in [7, 11) is 0. The van der Waals surface area contributed by atoms with Gasteiger partial charge in [-0.05, 0) is 25.1 Å². The number of thioether (sulfide) groups is 1. The summed E-state index contributed by atoms with van der Waals surface area (Å²) in [5.74, 6) is 0.449. The van der Waals surface area contributed by atoms with Crippen molar-refractivity contribution < 1.29 is 14.3 Å². The number of H-pyrrole nitrogens is 1. The normalized spacial score (nSPS) is 16.7. The molecule has 0 radical (unpaired) electrons. The Labute approximate surface area is 160 Å². The van der Waals surface area contributed by atoms with Gasteiger partial charge in [0.1, 0.15) is 11.1 Å². The van der Waals surface area contributed by atoms with Gasteiger partial charge in [-0.1, -0.05) is 35.9 Å². The molecule has 1 saturated heterocycles. The number of hydrogen-bond donors (Lipinski definition) is 2. The van der Waals surface area contributed by atoms with Gasteiger partial charge in [-0.3, -0.25) is 15.0 Å². The zero-order valence-electron chi connectivity index (χ0n) is 14.8. The van der Waals surface area contributed by atoms with Crippen molar-refractivity contribution in [1.29, 1.82) is 0 Å². The zero-order valence-corrected chi connectivity index (χ0v) is 15.6. The minimum atomic E-state index is -0.365. The molecule has 7 heteroatoms. The molecule has 0 spiro atoms. The Morgan fingerprint density at radius 2 is 2.04 bits per heavy atom. The molecule has 0 aliphatic carbocycles. The Hall–Kier alpha value is -2.93. The number of carbonyl (C=O) groups excluding carboxylic acids is 2. The van der Waals surface area contributed by atoms with Crippen LogP contribution in [0.4, 0.5) is 0 Å². The Morgan fingerprint density at radius 3 is 2.85 bits per heavy atom. The topological polar surface area (TPSA) is 74.4 Å². The molecule has 6 nitrogen and oxygen atoms in total. The summed E-state index contributed by atoms with van der Waals surface area (Å²) >= 11 is 1.49. The summed E-state index contributed by atoms with van der Waals surface area (Å²) in [5, 5.41) is 2.18. The summed E-state index contributed by atoms with van der Waals surface area (Å²) < 4.78 is 5.50. The van der Waals surface area contributed by atoms with Gasteiger partial charge >= 0.3 is 0 Å². The van der Waals surface area contributed by atoms with Gasteiger partial charge in [0.15, 0.2) is 6.61 Å². The first-order valence-corrected chi connectivity index (χ1v) is 9.65. The third-order valence-electron chi connectivity index (χ3n) is 4.39. The average molecular weight is 381 g/mol. The Balaban J connectivity index is 1.45. The monoisotopic (exact) mass is 381 g/mol. The first-order chi connectivity index (χ1) is 13.1. The fraction of sp³-hybridized carbons (Fsp3) is 0.200. The molecule has 2 N–H and O–H groups in total. The Kier molecular flexibility index (Phi) is 4.77. The molecule has 138 valence electrons. The molecular formula is C20H19N3O3S. The second kappa shape index (κ2) is 7.36. The molecule has 1 aliphatic rings. The van der Waals surface area contributed by atoms with Crippen LogP contribution in [0.15, 0.2) is 54.7 Å². The Morgan fingerprint density at radius 1 is 1.26 bits per heavy atom. The number of ether oxygens (including phenoxy) is 1. The largest absolute Gasteiger partial charge is 0.484 e. The van der Waals surface area contributed by atoms with E-state index in [1.54, 1.807) is 0 Å². The van der Waals surface area contributed by atoms with Crippen LogP contribution < -0.4 is 10.2 Å². The quantitative estimate of drug-likeness (QED) is 0.712. The van der Waals surface area contributed by atoms with Gasteiger partial charge < -0.3 is 9.72 Å². The van der Waals surface area contributed by atoms with E-state index in [2.05, 4.69) is 10.4 Å². The van der Waals surface area contributed by atoms with Crippen LogP contribution in [0.5, 0.6) is 5.75 Å². The van der Waals surface area contributed by atoms with Gasteiger partial charge in [0.25, 0.3) is 11.8 Å². The predicted octanol–water partition coefficient (Wildman–Crippen LogP) is 3.16. The molecule has 4 rings (SSSR count).